The van der Waals surface area contributed by atoms with Gasteiger partial charge in [0.15, 0.2) is 0 Å². The van der Waals surface area contributed by atoms with Gasteiger partial charge in [-0.15, -0.1) is 0 Å². The van der Waals surface area contributed by atoms with Gasteiger partial charge in [-0.2, -0.15) is 0 Å². The molecule has 0 saturated heterocycles. The molecule has 2 aromatic carbocycles. The summed E-state index contributed by atoms with van der Waals surface area (Å²) in [6, 6.07) is 14.4. The third-order valence-corrected chi connectivity index (χ3v) is 3.34. The van der Waals surface area contributed by atoms with E-state index >= 15 is 0 Å². The lowest BCUT2D eigenvalue weighted by Crippen LogP contribution is -2.25. The fraction of sp³-hybridized carbons (Fsp3) is 0.0625. The Kier molecular flexibility index (Phi) is 2.91. The normalized spacial score (nSPS) is 10.7. The molecule has 1 heterocycles. The van der Waals surface area contributed by atoms with E-state index in [4.69, 9.17) is 0 Å². The molecule has 4 nitrogen and oxygen atoms in total. The van der Waals surface area contributed by atoms with Crippen LogP contribution >= 0.6 is 0 Å². The molecule has 100 valence electrons. The number of aromatic hydroxyl groups is 1. The van der Waals surface area contributed by atoms with E-state index in [2.05, 4.69) is 4.98 Å². The van der Waals surface area contributed by atoms with Gasteiger partial charge in [0.25, 0.3) is 5.91 Å². The first kappa shape index (κ1) is 12.3. The second-order valence-corrected chi connectivity index (χ2v) is 4.63. The number of aromatic nitrogens is 1. The average Bonchev–Trinajstić information content (AvgIpc) is 2.89. The van der Waals surface area contributed by atoms with E-state index < -0.39 is 0 Å². The molecule has 1 aromatic heterocycles. The smallest absolute Gasteiger partial charge is 0.260 e. The fourth-order valence-corrected chi connectivity index (χ4v) is 2.24. The molecule has 3 rings (SSSR count). The number of nitrogens with one attached hydrogen (secondary N) is 1. The quantitative estimate of drug-likeness (QED) is 0.748. The van der Waals surface area contributed by atoms with Gasteiger partial charge >= 0.3 is 0 Å². The Morgan fingerprint density at radius 1 is 1.15 bits per heavy atom. The van der Waals surface area contributed by atoms with Gasteiger partial charge in [-0.3, -0.25) is 4.79 Å². The number of hydrogen-bond donors (Lipinski definition) is 2. The van der Waals surface area contributed by atoms with Crippen molar-refractivity contribution in [3.05, 3.63) is 60.3 Å². The zero-order chi connectivity index (χ0) is 14.1. The van der Waals surface area contributed by atoms with Crippen molar-refractivity contribution in [3.8, 4) is 5.75 Å². The maximum absolute atomic E-state index is 12.6. The number of hydrogen-bond acceptors (Lipinski definition) is 2. The van der Waals surface area contributed by atoms with Crippen molar-refractivity contribution < 1.29 is 9.90 Å². The Balaban J connectivity index is 2.03. The molecule has 4 heteroatoms. The Morgan fingerprint density at radius 3 is 2.65 bits per heavy atom. The van der Waals surface area contributed by atoms with Crippen molar-refractivity contribution in [1.82, 2.24) is 4.98 Å². The molecule has 0 saturated carbocycles. The van der Waals surface area contributed by atoms with Crippen molar-refractivity contribution >= 4 is 22.5 Å². The van der Waals surface area contributed by atoms with Crippen molar-refractivity contribution in [1.29, 1.82) is 0 Å². The monoisotopic (exact) mass is 266 g/mol. The van der Waals surface area contributed by atoms with Crippen LogP contribution in [-0.4, -0.2) is 23.0 Å². The molecular weight excluding hydrogens is 252 g/mol. The predicted molar refractivity (Wildman–Crippen MR) is 79.1 cm³/mol. The van der Waals surface area contributed by atoms with E-state index in [1.165, 1.54) is 0 Å². The van der Waals surface area contributed by atoms with Gasteiger partial charge in [0.05, 0.1) is 5.56 Å². The molecule has 0 spiro atoms. The van der Waals surface area contributed by atoms with Crippen LogP contribution in [0.15, 0.2) is 54.7 Å². The van der Waals surface area contributed by atoms with Gasteiger partial charge in [-0.1, -0.05) is 18.2 Å². The highest BCUT2D eigenvalue weighted by molar-refractivity contribution is 6.13. The molecule has 0 bridgehead atoms. The summed E-state index contributed by atoms with van der Waals surface area (Å²) in [6.45, 7) is 0. The zero-order valence-electron chi connectivity index (χ0n) is 11.0. The fourth-order valence-electron chi connectivity index (χ4n) is 2.24. The third-order valence-electron chi connectivity index (χ3n) is 3.34. The van der Waals surface area contributed by atoms with E-state index in [1.54, 1.807) is 36.3 Å². The molecule has 0 radical (unpaired) electrons. The lowest BCUT2D eigenvalue weighted by molar-refractivity contribution is 0.0994. The number of aromatic amines is 1. The minimum absolute atomic E-state index is 0.118. The number of rotatable bonds is 2. The molecule has 20 heavy (non-hydrogen) atoms. The van der Waals surface area contributed by atoms with Gasteiger partial charge < -0.3 is 15.0 Å². The summed E-state index contributed by atoms with van der Waals surface area (Å²) in [5.41, 5.74) is 2.20. The number of para-hydroxylation sites is 1. The summed E-state index contributed by atoms with van der Waals surface area (Å²) < 4.78 is 0. The lowest BCUT2D eigenvalue weighted by Gasteiger charge is -2.16. The number of fused-ring (bicyclic) bond motifs is 1. The van der Waals surface area contributed by atoms with Crippen molar-refractivity contribution in [2.45, 2.75) is 0 Å². The highest BCUT2D eigenvalue weighted by Crippen LogP contribution is 2.25. The van der Waals surface area contributed by atoms with E-state index in [0.29, 0.717) is 5.56 Å². The molecule has 0 aliphatic rings. The molecule has 2 N–H and O–H groups in total. The van der Waals surface area contributed by atoms with E-state index in [1.807, 2.05) is 30.3 Å². The van der Waals surface area contributed by atoms with Crippen LogP contribution in [0.3, 0.4) is 0 Å². The zero-order valence-corrected chi connectivity index (χ0v) is 11.0. The SMILES string of the molecule is CN(C(=O)c1c[nH]c2ccc(O)cc12)c1ccccc1. The van der Waals surface area contributed by atoms with Crippen LogP contribution in [0.25, 0.3) is 10.9 Å². The first-order chi connectivity index (χ1) is 9.66. The highest BCUT2D eigenvalue weighted by Gasteiger charge is 2.17. The van der Waals surface area contributed by atoms with Gasteiger partial charge in [0.2, 0.25) is 0 Å². The number of phenols is 1. The number of nitrogens with zero attached hydrogens (tertiary/aromatic N) is 1. The number of carbonyl (C=O) groups is 1. The second kappa shape index (κ2) is 4.74. The minimum atomic E-state index is -0.118. The van der Waals surface area contributed by atoms with E-state index in [0.717, 1.165) is 16.6 Å². The number of benzene rings is 2. The van der Waals surface area contributed by atoms with Crippen LogP contribution in [0, 0.1) is 0 Å². The largest absolute Gasteiger partial charge is 0.508 e. The van der Waals surface area contributed by atoms with Gasteiger partial charge in [0.1, 0.15) is 5.75 Å². The first-order valence-corrected chi connectivity index (χ1v) is 6.30. The molecule has 0 atom stereocenters. The summed E-state index contributed by atoms with van der Waals surface area (Å²) in [6.07, 6.45) is 1.67. The summed E-state index contributed by atoms with van der Waals surface area (Å²) in [4.78, 5) is 17.2. The lowest BCUT2D eigenvalue weighted by atomic mass is 10.1. The van der Waals surface area contributed by atoms with Crippen LogP contribution in [0.1, 0.15) is 10.4 Å². The Morgan fingerprint density at radius 2 is 1.90 bits per heavy atom. The summed E-state index contributed by atoms with van der Waals surface area (Å²) in [7, 11) is 1.74. The van der Waals surface area contributed by atoms with Crippen LogP contribution < -0.4 is 4.90 Å². The van der Waals surface area contributed by atoms with Crippen LogP contribution in [0.5, 0.6) is 5.75 Å². The van der Waals surface area contributed by atoms with E-state index in [-0.39, 0.29) is 11.7 Å². The molecule has 0 aliphatic carbocycles. The summed E-state index contributed by atoms with van der Waals surface area (Å²) in [5, 5.41) is 10.3. The molecule has 0 aliphatic heterocycles. The number of phenolic OH excluding ortho intramolecular Hbond substituents is 1. The summed E-state index contributed by atoms with van der Waals surface area (Å²) in [5.74, 6) is 0.0292. The standard InChI is InChI=1S/C16H14N2O2/c1-18(11-5-3-2-4-6-11)16(20)14-10-17-15-8-7-12(19)9-13(14)15/h2-10,17,19H,1H3. The molecule has 3 aromatic rings. The van der Waals surface area contributed by atoms with Gasteiger partial charge in [-0.25, -0.2) is 0 Å². The number of anilines is 1. The number of amides is 1. The predicted octanol–water partition coefficient (Wildman–Crippen LogP) is 3.15. The van der Waals surface area contributed by atoms with Crippen molar-refractivity contribution in [2.24, 2.45) is 0 Å². The van der Waals surface area contributed by atoms with Crippen molar-refractivity contribution in [2.75, 3.05) is 11.9 Å². The average molecular weight is 266 g/mol. The van der Waals surface area contributed by atoms with Gasteiger partial charge in [0, 0.05) is 29.8 Å². The van der Waals surface area contributed by atoms with Crippen LogP contribution in [0.4, 0.5) is 5.69 Å². The maximum Gasteiger partial charge on any atom is 0.260 e. The Bertz CT molecular complexity index is 763. The number of H-pyrrole nitrogens is 1. The second-order valence-electron chi connectivity index (χ2n) is 4.63. The Hall–Kier alpha value is -2.75. The first-order valence-electron chi connectivity index (χ1n) is 6.30. The van der Waals surface area contributed by atoms with E-state index in [9.17, 15) is 9.90 Å². The van der Waals surface area contributed by atoms with Gasteiger partial charge in [-0.05, 0) is 30.3 Å². The maximum atomic E-state index is 12.6. The molecule has 0 unspecified atom stereocenters. The number of carbonyl (C=O) groups excluding carboxylic acids is 1. The third kappa shape index (κ3) is 2.01. The molecule has 0 fully saturated rings. The highest BCUT2D eigenvalue weighted by atomic mass is 16.3. The van der Waals surface area contributed by atoms with Crippen LogP contribution in [-0.2, 0) is 0 Å². The molecule has 1 amide bonds. The summed E-state index contributed by atoms with van der Waals surface area (Å²) >= 11 is 0. The van der Waals surface area contributed by atoms with Crippen molar-refractivity contribution in [3.63, 3.8) is 0 Å². The topological polar surface area (TPSA) is 56.3 Å². The Labute approximate surface area is 116 Å². The minimum Gasteiger partial charge on any atom is -0.508 e. The molecular formula is C16H14N2O2. The van der Waals surface area contributed by atoms with Crippen LogP contribution in [0.2, 0.25) is 0 Å².